The standard InChI is InChI=1S/C14H14O3/c1-16-12(15)13-7-14(17-2)9-6-4-3-5-8(9)10(13)11(13)14/h3-6,10-11H,7H2,1-2H3. The van der Waals surface area contributed by atoms with Crippen LogP contribution in [0.2, 0.25) is 0 Å². The van der Waals surface area contributed by atoms with Crippen molar-refractivity contribution in [3.8, 4) is 0 Å². The molecule has 17 heavy (non-hydrogen) atoms. The van der Waals surface area contributed by atoms with E-state index in [0.717, 1.165) is 6.42 Å². The van der Waals surface area contributed by atoms with Crippen LogP contribution in [-0.4, -0.2) is 20.2 Å². The molecule has 4 rings (SSSR count). The lowest BCUT2D eigenvalue weighted by Crippen LogP contribution is -2.49. The van der Waals surface area contributed by atoms with E-state index < -0.39 is 0 Å². The molecule has 3 nitrogen and oxygen atoms in total. The average molecular weight is 230 g/mol. The number of carbonyl (C=O) groups excluding carboxylic acids is 1. The predicted octanol–water partition coefficient (Wildman–Crippen LogP) is 1.82. The van der Waals surface area contributed by atoms with Gasteiger partial charge in [0.2, 0.25) is 0 Å². The second-order valence-electron chi connectivity index (χ2n) is 5.34. The molecule has 0 N–H and O–H groups in total. The number of hydrogen-bond donors (Lipinski definition) is 0. The van der Waals surface area contributed by atoms with Gasteiger partial charge in [0, 0.05) is 18.9 Å². The Kier molecular flexibility index (Phi) is 1.45. The van der Waals surface area contributed by atoms with E-state index >= 15 is 0 Å². The number of fused-ring (bicyclic) bond motifs is 4. The van der Waals surface area contributed by atoms with Crippen molar-refractivity contribution >= 4 is 5.97 Å². The van der Waals surface area contributed by atoms with Crippen LogP contribution in [0.15, 0.2) is 24.3 Å². The van der Waals surface area contributed by atoms with Gasteiger partial charge >= 0.3 is 5.97 Å². The molecule has 4 atom stereocenters. The molecule has 4 unspecified atom stereocenters. The Bertz CT molecular complexity index is 538. The molecule has 0 aliphatic heterocycles. The van der Waals surface area contributed by atoms with Gasteiger partial charge in [-0.2, -0.15) is 0 Å². The average Bonchev–Trinajstić information content (AvgIpc) is 2.84. The van der Waals surface area contributed by atoms with Gasteiger partial charge in [-0.05, 0) is 17.5 Å². The molecule has 3 aliphatic rings. The lowest BCUT2D eigenvalue weighted by Gasteiger charge is -2.45. The molecule has 0 saturated heterocycles. The van der Waals surface area contributed by atoms with E-state index in [4.69, 9.17) is 9.47 Å². The van der Waals surface area contributed by atoms with Crippen LogP contribution < -0.4 is 0 Å². The molecule has 2 fully saturated rings. The van der Waals surface area contributed by atoms with Gasteiger partial charge in [0.05, 0.1) is 18.1 Å². The van der Waals surface area contributed by atoms with Gasteiger partial charge in [-0.25, -0.2) is 0 Å². The quantitative estimate of drug-likeness (QED) is 0.727. The fraction of sp³-hybridized carbons (Fsp3) is 0.500. The summed E-state index contributed by atoms with van der Waals surface area (Å²) in [5.74, 6) is 0.575. The first-order valence-electron chi connectivity index (χ1n) is 5.95. The summed E-state index contributed by atoms with van der Waals surface area (Å²) >= 11 is 0. The van der Waals surface area contributed by atoms with E-state index in [1.807, 2.05) is 12.1 Å². The summed E-state index contributed by atoms with van der Waals surface area (Å²) in [5.41, 5.74) is 2.09. The largest absolute Gasteiger partial charge is 0.469 e. The van der Waals surface area contributed by atoms with Gasteiger partial charge in [-0.3, -0.25) is 4.79 Å². The van der Waals surface area contributed by atoms with E-state index in [0.29, 0.717) is 11.8 Å². The van der Waals surface area contributed by atoms with Gasteiger partial charge in [0.25, 0.3) is 0 Å². The van der Waals surface area contributed by atoms with Gasteiger partial charge in [0.15, 0.2) is 0 Å². The van der Waals surface area contributed by atoms with E-state index in [1.54, 1.807) is 7.11 Å². The summed E-state index contributed by atoms with van der Waals surface area (Å²) in [4.78, 5) is 11.9. The van der Waals surface area contributed by atoms with Gasteiger partial charge in [0.1, 0.15) is 0 Å². The highest BCUT2D eigenvalue weighted by Crippen LogP contribution is 2.89. The Morgan fingerprint density at radius 1 is 1.35 bits per heavy atom. The van der Waals surface area contributed by atoms with Crippen LogP contribution in [0, 0.1) is 11.3 Å². The molecule has 3 heteroatoms. The molecule has 0 amide bonds. The van der Waals surface area contributed by atoms with Crippen LogP contribution >= 0.6 is 0 Å². The highest BCUT2D eigenvalue weighted by Gasteiger charge is 2.90. The Morgan fingerprint density at radius 3 is 2.82 bits per heavy atom. The van der Waals surface area contributed by atoms with Crippen LogP contribution in [0.25, 0.3) is 0 Å². The molecule has 3 aliphatic carbocycles. The maximum Gasteiger partial charge on any atom is 0.312 e. The zero-order valence-electron chi connectivity index (χ0n) is 9.90. The Morgan fingerprint density at radius 2 is 2.12 bits per heavy atom. The van der Waals surface area contributed by atoms with Crippen LogP contribution in [0.3, 0.4) is 0 Å². The van der Waals surface area contributed by atoms with Crippen LogP contribution in [0.1, 0.15) is 23.5 Å². The van der Waals surface area contributed by atoms with Crippen molar-refractivity contribution in [1.29, 1.82) is 0 Å². The van der Waals surface area contributed by atoms with Crippen LogP contribution in [0.5, 0.6) is 0 Å². The summed E-state index contributed by atoms with van der Waals surface area (Å²) in [6.07, 6.45) is 0.787. The van der Waals surface area contributed by atoms with Gasteiger partial charge in [-0.15, -0.1) is 0 Å². The van der Waals surface area contributed by atoms with Crippen molar-refractivity contribution in [1.82, 2.24) is 0 Å². The molecular formula is C14H14O3. The van der Waals surface area contributed by atoms with E-state index in [2.05, 4.69) is 12.1 Å². The van der Waals surface area contributed by atoms with Gasteiger partial charge in [-0.1, -0.05) is 24.3 Å². The summed E-state index contributed by atoms with van der Waals surface area (Å²) < 4.78 is 10.7. The van der Waals surface area contributed by atoms with Crippen molar-refractivity contribution in [2.45, 2.75) is 17.9 Å². The molecule has 0 aromatic heterocycles. The number of hydrogen-bond acceptors (Lipinski definition) is 3. The smallest absolute Gasteiger partial charge is 0.312 e. The molecule has 88 valence electrons. The maximum absolute atomic E-state index is 11.9. The molecule has 0 bridgehead atoms. The molecule has 2 saturated carbocycles. The second kappa shape index (κ2) is 2.56. The molecule has 1 aromatic carbocycles. The van der Waals surface area contributed by atoms with Crippen molar-refractivity contribution in [2.24, 2.45) is 11.3 Å². The highest BCUT2D eigenvalue weighted by atomic mass is 16.5. The minimum atomic E-state index is -0.265. The van der Waals surface area contributed by atoms with E-state index in [-0.39, 0.29) is 17.0 Å². The van der Waals surface area contributed by atoms with Crippen molar-refractivity contribution in [2.75, 3.05) is 14.2 Å². The zero-order chi connectivity index (χ0) is 11.8. The second-order valence-corrected chi connectivity index (χ2v) is 5.34. The fourth-order valence-corrected chi connectivity index (χ4v) is 4.46. The van der Waals surface area contributed by atoms with Gasteiger partial charge < -0.3 is 9.47 Å². The monoisotopic (exact) mass is 230 g/mol. The predicted molar refractivity (Wildman–Crippen MR) is 60.4 cm³/mol. The Balaban J connectivity index is 1.87. The molecule has 0 heterocycles. The highest BCUT2D eigenvalue weighted by molar-refractivity contribution is 5.89. The first-order valence-corrected chi connectivity index (χ1v) is 5.95. The van der Waals surface area contributed by atoms with Crippen molar-refractivity contribution < 1.29 is 14.3 Å². The van der Waals surface area contributed by atoms with E-state index in [9.17, 15) is 4.79 Å². The first kappa shape index (κ1) is 9.66. The van der Waals surface area contributed by atoms with E-state index in [1.165, 1.54) is 18.2 Å². The maximum atomic E-state index is 11.9. The number of rotatable bonds is 2. The topological polar surface area (TPSA) is 35.5 Å². The number of esters is 1. The summed E-state index contributed by atoms with van der Waals surface area (Å²) in [6, 6.07) is 8.33. The molecule has 0 spiro atoms. The van der Waals surface area contributed by atoms with Crippen molar-refractivity contribution in [3.63, 3.8) is 0 Å². The van der Waals surface area contributed by atoms with Crippen LogP contribution in [-0.2, 0) is 19.9 Å². The first-order chi connectivity index (χ1) is 8.22. The third-order valence-corrected chi connectivity index (χ3v) is 5.07. The summed E-state index contributed by atoms with van der Waals surface area (Å²) in [5, 5.41) is 0. The lowest BCUT2D eigenvalue weighted by molar-refractivity contribution is -0.171. The van der Waals surface area contributed by atoms with Crippen LogP contribution in [0.4, 0.5) is 0 Å². The third-order valence-electron chi connectivity index (χ3n) is 5.07. The normalized spacial score (nSPS) is 43.4. The molecule has 1 aromatic rings. The number of ether oxygens (including phenoxy) is 2. The Hall–Kier alpha value is -1.35. The third kappa shape index (κ3) is 0.730. The van der Waals surface area contributed by atoms with Crippen molar-refractivity contribution in [3.05, 3.63) is 35.4 Å². The summed E-state index contributed by atoms with van der Waals surface area (Å²) in [6.45, 7) is 0. The minimum absolute atomic E-state index is 0.0605. The number of benzene rings is 1. The zero-order valence-corrected chi connectivity index (χ0v) is 9.90. The molecular weight excluding hydrogens is 216 g/mol. The fourth-order valence-electron chi connectivity index (χ4n) is 4.46. The number of carbonyl (C=O) groups is 1. The molecule has 0 radical (unpaired) electrons. The lowest BCUT2D eigenvalue weighted by atomic mass is 9.65. The SMILES string of the molecule is COC(=O)C12CC3(OC)c4ccccc4C1C32. The summed E-state index contributed by atoms with van der Waals surface area (Å²) in [7, 11) is 3.22. The number of methoxy groups -OCH3 is 2. The Labute approximate surface area is 99.7 Å². The minimum Gasteiger partial charge on any atom is -0.469 e.